The summed E-state index contributed by atoms with van der Waals surface area (Å²) in [5.41, 5.74) is 0. The maximum absolute atomic E-state index is 4.11. The third kappa shape index (κ3) is 5.19. The van der Waals surface area contributed by atoms with Gasteiger partial charge in [0.25, 0.3) is 0 Å². The molecule has 86 valence electrons. The average Bonchev–Trinajstić information content (AvgIpc) is 2.72. The number of rotatable bonds is 7. The average molecular weight is 263 g/mol. The van der Waals surface area contributed by atoms with E-state index in [0.717, 1.165) is 21.0 Å². The van der Waals surface area contributed by atoms with Crippen molar-refractivity contribution in [3.05, 3.63) is 0 Å². The van der Waals surface area contributed by atoms with Crippen LogP contribution in [0.25, 0.3) is 0 Å². The van der Waals surface area contributed by atoms with Crippen LogP contribution < -0.4 is 5.32 Å². The van der Waals surface area contributed by atoms with Gasteiger partial charge < -0.3 is 5.32 Å². The maximum Gasteiger partial charge on any atom is 0.175 e. The first kappa shape index (κ1) is 13.3. The third-order valence-electron chi connectivity index (χ3n) is 2.00. The van der Waals surface area contributed by atoms with Crippen molar-refractivity contribution in [1.29, 1.82) is 0 Å². The van der Waals surface area contributed by atoms with E-state index >= 15 is 0 Å². The minimum Gasteiger partial charge on any atom is -0.313 e. The zero-order valence-corrected chi connectivity index (χ0v) is 11.8. The number of hydrogen-bond donors (Lipinski definition) is 1. The summed E-state index contributed by atoms with van der Waals surface area (Å²) in [6.45, 7) is 5.44. The molecule has 0 bridgehead atoms. The van der Waals surface area contributed by atoms with Gasteiger partial charge in [-0.25, -0.2) is 0 Å². The van der Waals surface area contributed by atoms with E-state index in [-0.39, 0.29) is 0 Å². The SMILES string of the molecule is CCC(C)NCCSc1nnc(SC)s1. The van der Waals surface area contributed by atoms with Crippen LogP contribution in [0, 0.1) is 0 Å². The lowest BCUT2D eigenvalue weighted by Gasteiger charge is -2.09. The lowest BCUT2D eigenvalue weighted by Crippen LogP contribution is -2.27. The fraction of sp³-hybridized carbons (Fsp3) is 0.778. The molecule has 0 aliphatic carbocycles. The molecule has 0 aromatic carbocycles. The molecule has 3 nitrogen and oxygen atoms in total. The van der Waals surface area contributed by atoms with Crippen molar-refractivity contribution in [2.45, 2.75) is 35.0 Å². The second-order valence-electron chi connectivity index (χ2n) is 3.15. The molecule has 1 N–H and O–H groups in total. The summed E-state index contributed by atoms with van der Waals surface area (Å²) >= 11 is 5.10. The largest absolute Gasteiger partial charge is 0.313 e. The molecule has 0 spiro atoms. The summed E-state index contributed by atoms with van der Waals surface area (Å²) in [7, 11) is 0. The molecule has 1 rings (SSSR count). The third-order valence-corrected chi connectivity index (χ3v) is 5.03. The summed E-state index contributed by atoms with van der Waals surface area (Å²) < 4.78 is 2.12. The number of nitrogens with zero attached hydrogens (tertiary/aromatic N) is 2. The highest BCUT2D eigenvalue weighted by Crippen LogP contribution is 2.26. The van der Waals surface area contributed by atoms with E-state index in [1.165, 1.54) is 6.42 Å². The Morgan fingerprint density at radius 2 is 2.13 bits per heavy atom. The molecule has 0 fully saturated rings. The molecule has 1 aromatic rings. The van der Waals surface area contributed by atoms with E-state index < -0.39 is 0 Å². The fourth-order valence-corrected chi connectivity index (χ4v) is 3.31. The second kappa shape index (κ2) is 7.49. The van der Waals surface area contributed by atoms with E-state index in [2.05, 4.69) is 29.4 Å². The number of aromatic nitrogens is 2. The van der Waals surface area contributed by atoms with Crippen LogP contribution in [0.4, 0.5) is 0 Å². The molecule has 15 heavy (non-hydrogen) atoms. The highest BCUT2D eigenvalue weighted by atomic mass is 32.2. The predicted molar refractivity (Wildman–Crippen MR) is 70.2 cm³/mol. The minimum atomic E-state index is 0.613. The Morgan fingerprint density at radius 1 is 1.40 bits per heavy atom. The number of thioether (sulfide) groups is 2. The lowest BCUT2D eigenvalue weighted by atomic mass is 10.3. The smallest absolute Gasteiger partial charge is 0.175 e. The van der Waals surface area contributed by atoms with Crippen LogP contribution in [-0.2, 0) is 0 Å². The second-order valence-corrected chi connectivity index (χ2v) is 6.52. The van der Waals surface area contributed by atoms with Gasteiger partial charge in [-0.05, 0) is 19.6 Å². The van der Waals surface area contributed by atoms with Gasteiger partial charge in [0.15, 0.2) is 8.68 Å². The van der Waals surface area contributed by atoms with Crippen molar-refractivity contribution in [3.8, 4) is 0 Å². The molecular weight excluding hydrogens is 246 g/mol. The first-order valence-electron chi connectivity index (χ1n) is 5.00. The van der Waals surface area contributed by atoms with Gasteiger partial charge in [0.2, 0.25) is 0 Å². The van der Waals surface area contributed by atoms with Crippen LogP contribution >= 0.6 is 34.9 Å². The van der Waals surface area contributed by atoms with Gasteiger partial charge in [0.05, 0.1) is 0 Å². The summed E-state index contributed by atoms with van der Waals surface area (Å²) in [5.74, 6) is 1.06. The fourth-order valence-electron chi connectivity index (χ4n) is 0.926. The van der Waals surface area contributed by atoms with Crippen molar-refractivity contribution in [2.24, 2.45) is 0 Å². The molecule has 1 atom stereocenters. The van der Waals surface area contributed by atoms with Gasteiger partial charge in [-0.15, -0.1) is 10.2 Å². The summed E-state index contributed by atoms with van der Waals surface area (Å²) in [5, 5.41) is 11.6. The van der Waals surface area contributed by atoms with Crippen molar-refractivity contribution < 1.29 is 0 Å². The Hall–Kier alpha value is 0.220. The van der Waals surface area contributed by atoms with Crippen molar-refractivity contribution >= 4 is 34.9 Å². The lowest BCUT2D eigenvalue weighted by molar-refractivity contribution is 0.555. The molecular formula is C9H17N3S3. The molecule has 0 radical (unpaired) electrons. The summed E-state index contributed by atoms with van der Waals surface area (Å²) in [4.78, 5) is 0. The van der Waals surface area contributed by atoms with Crippen LogP contribution in [0.2, 0.25) is 0 Å². The monoisotopic (exact) mass is 263 g/mol. The van der Waals surface area contributed by atoms with E-state index in [1.807, 2.05) is 6.26 Å². The Balaban J connectivity index is 2.14. The van der Waals surface area contributed by atoms with Gasteiger partial charge in [-0.3, -0.25) is 0 Å². The molecule has 1 heterocycles. The summed E-state index contributed by atoms with van der Waals surface area (Å²) in [6, 6.07) is 0.613. The summed E-state index contributed by atoms with van der Waals surface area (Å²) in [6.07, 6.45) is 3.21. The van der Waals surface area contributed by atoms with Gasteiger partial charge in [-0.2, -0.15) is 0 Å². The zero-order valence-electron chi connectivity index (χ0n) is 9.32. The molecule has 0 aliphatic rings. The first-order valence-corrected chi connectivity index (χ1v) is 8.02. The normalized spacial score (nSPS) is 13.0. The van der Waals surface area contributed by atoms with Crippen LogP contribution in [0.3, 0.4) is 0 Å². The molecule has 0 saturated carbocycles. The Morgan fingerprint density at radius 3 is 2.73 bits per heavy atom. The minimum absolute atomic E-state index is 0.613. The standard InChI is InChI=1S/C9H17N3S3/c1-4-7(2)10-5-6-14-9-12-11-8(13-3)15-9/h7,10H,4-6H2,1-3H3. The van der Waals surface area contributed by atoms with E-state index in [4.69, 9.17) is 0 Å². The topological polar surface area (TPSA) is 37.8 Å². The van der Waals surface area contributed by atoms with Gasteiger partial charge in [0, 0.05) is 18.3 Å². The highest BCUT2D eigenvalue weighted by Gasteiger charge is 2.03. The van der Waals surface area contributed by atoms with Crippen LogP contribution in [-0.4, -0.2) is 34.8 Å². The molecule has 0 saturated heterocycles. The maximum atomic E-state index is 4.11. The Bertz CT molecular complexity index is 277. The van der Waals surface area contributed by atoms with Crippen molar-refractivity contribution in [1.82, 2.24) is 15.5 Å². The molecule has 1 unspecified atom stereocenters. The van der Waals surface area contributed by atoms with Crippen LogP contribution in [0.5, 0.6) is 0 Å². The van der Waals surface area contributed by atoms with Crippen LogP contribution in [0.1, 0.15) is 20.3 Å². The molecule has 6 heteroatoms. The number of nitrogens with one attached hydrogen (secondary N) is 1. The van der Waals surface area contributed by atoms with E-state index in [0.29, 0.717) is 6.04 Å². The quantitative estimate of drug-likeness (QED) is 0.605. The van der Waals surface area contributed by atoms with Gasteiger partial charge in [0.1, 0.15) is 0 Å². The van der Waals surface area contributed by atoms with Crippen molar-refractivity contribution in [2.75, 3.05) is 18.6 Å². The van der Waals surface area contributed by atoms with E-state index in [9.17, 15) is 0 Å². The van der Waals surface area contributed by atoms with Gasteiger partial charge in [-0.1, -0.05) is 41.8 Å². The highest BCUT2D eigenvalue weighted by molar-refractivity contribution is 8.02. The molecule has 0 aliphatic heterocycles. The van der Waals surface area contributed by atoms with Crippen LogP contribution in [0.15, 0.2) is 8.68 Å². The van der Waals surface area contributed by atoms with Crippen molar-refractivity contribution in [3.63, 3.8) is 0 Å². The zero-order chi connectivity index (χ0) is 11.1. The molecule has 0 amide bonds. The first-order chi connectivity index (χ1) is 7.26. The van der Waals surface area contributed by atoms with Gasteiger partial charge >= 0.3 is 0 Å². The van der Waals surface area contributed by atoms with E-state index in [1.54, 1.807) is 34.9 Å². The predicted octanol–water partition coefficient (Wildman–Crippen LogP) is 2.74. The Labute approximate surface area is 104 Å². The molecule has 1 aromatic heterocycles. The Kier molecular flexibility index (Phi) is 6.63. The number of hydrogen-bond acceptors (Lipinski definition) is 6.